The van der Waals surface area contributed by atoms with Gasteiger partial charge >= 0.3 is 0 Å². The van der Waals surface area contributed by atoms with E-state index in [1.165, 1.54) is 23.0 Å². The van der Waals surface area contributed by atoms with Gasteiger partial charge in [-0.05, 0) is 62.5 Å². The quantitative estimate of drug-likeness (QED) is 0.837. The van der Waals surface area contributed by atoms with Crippen molar-refractivity contribution in [1.82, 2.24) is 15.1 Å². The third-order valence-corrected chi connectivity index (χ3v) is 4.09. The zero-order valence-electron chi connectivity index (χ0n) is 11.4. The Bertz CT molecular complexity index is 347. The van der Waals surface area contributed by atoms with Crippen molar-refractivity contribution in [2.75, 3.05) is 6.54 Å². The van der Waals surface area contributed by atoms with E-state index in [1.54, 1.807) is 0 Å². The van der Waals surface area contributed by atoms with Crippen molar-refractivity contribution in [2.24, 2.45) is 0 Å². The number of aryl methyl sites for hydroxylation is 2. The van der Waals surface area contributed by atoms with Crippen LogP contribution < -0.4 is 5.32 Å². The highest BCUT2D eigenvalue weighted by Gasteiger charge is 2.11. The number of nitrogens with one attached hydrogen (secondary N) is 1. The molecule has 4 heteroatoms. The van der Waals surface area contributed by atoms with Crippen molar-refractivity contribution in [3.63, 3.8) is 0 Å². The minimum atomic E-state index is 0.609. The minimum absolute atomic E-state index is 0.609. The lowest BCUT2D eigenvalue weighted by Gasteiger charge is -2.12. The van der Waals surface area contributed by atoms with E-state index in [0.29, 0.717) is 6.04 Å². The molecule has 0 saturated carbocycles. The van der Waals surface area contributed by atoms with E-state index in [2.05, 4.69) is 58.7 Å². The minimum Gasteiger partial charge on any atom is -0.315 e. The molecule has 0 aliphatic heterocycles. The largest absolute Gasteiger partial charge is 0.315 e. The second kappa shape index (κ2) is 7.17. The van der Waals surface area contributed by atoms with Crippen LogP contribution in [0.2, 0.25) is 0 Å². The Morgan fingerprint density at radius 2 is 2.12 bits per heavy atom. The van der Waals surface area contributed by atoms with E-state index >= 15 is 0 Å². The molecule has 0 bridgehead atoms. The summed E-state index contributed by atoms with van der Waals surface area (Å²) in [7, 11) is 0. The highest BCUT2D eigenvalue weighted by Crippen LogP contribution is 2.22. The molecule has 1 rings (SSSR count). The standard InChI is InChI=1S/C13H24BrN3/c1-5-15-10(3)8-7-9-12-13(14)11(4)16-17(12)6-2/h10,15H,5-9H2,1-4H3. The van der Waals surface area contributed by atoms with Crippen LogP contribution in [0.15, 0.2) is 4.47 Å². The van der Waals surface area contributed by atoms with Gasteiger partial charge in [-0.25, -0.2) is 0 Å². The first-order valence-corrected chi connectivity index (χ1v) is 7.34. The Kier molecular flexibility index (Phi) is 6.20. The van der Waals surface area contributed by atoms with Gasteiger partial charge in [0.15, 0.2) is 0 Å². The molecule has 17 heavy (non-hydrogen) atoms. The molecule has 3 nitrogen and oxygen atoms in total. The molecule has 1 heterocycles. The molecule has 0 aliphatic carbocycles. The summed E-state index contributed by atoms with van der Waals surface area (Å²) in [4.78, 5) is 0. The van der Waals surface area contributed by atoms with Gasteiger partial charge < -0.3 is 5.32 Å². The maximum Gasteiger partial charge on any atom is 0.0738 e. The maximum absolute atomic E-state index is 4.52. The summed E-state index contributed by atoms with van der Waals surface area (Å²) in [5, 5.41) is 7.96. The molecule has 0 spiro atoms. The zero-order valence-corrected chi connectivity index (χ0v) is 13.0. The van der Waals surface area contributed by atoms with Crippen molar-refractivity contribution in [1.29, 1.82) is 0 Å². The van der Waals surface area contributed by atoms with Crippen molar-refractivity contribution < 1.29 is 0 Å². The van der Waals surface area contributed by atoms with Gasteiger partial charge in [0.05, 0.1) is 15.9 Å². The van der Waals surface area contributed by atoms with Crippen LogP contribution in [0.25, 0.3) is 0 Å². The van der Waals surface area contributed by atoms with Gasteiger partial charge in [0, 0.05) is 12.6 Å². The third-order valence-electron chi connectivity index (χ3n) is 3.06. The van der Waals surface area contributed by atoms with Crippen molar-refractivity contribution in [2.45, 2.75) is 59.5 Å². The van der Waals surface area contributed by atoms with Gasteiger partial charge in [0.2, 0.25) is 0 Å². The topological polar surface area (TPSA) is 29.9 Å². The molecule has 0 amide bonds. The average Bonchev–Trinajstić information content (AvgIpc) is 2.57. The first-order valence-electron chi connectivity index (χ1n) is 6.55. The summed E-state index contributed by atoms with van der Waals surface area (Å²) in [6, 6.07) is 0.609. The van der Waals surface area contributed by atoms with Crippen molar-refractivity contribution in [3.05, 3.63) is 15.9 Å². The SMILES string of the molecule is CCNC(C)CCCc1c(Br)c(C)nn1CC. The fourth-order valence-electron chi connectivity index (χ4n) is 2.13. The van der Waals surface area contributed by atoms with Crippen LogP contribution in [-0.2, 0) is 13.0 Å². The summed E-state index contributed by atoms with van der Waals surface area (Å²) >= 11 is 3.64. The number of aromatic nitrogens is 2. The highest BCUT2D eigenvalue weighted by molar-refractivity contribution is 9.10. The molecular formula is C13H24BrN3. The highest BCUT2D eigenvalue weighted by atomic mass is 79.9. The fraction of sp³-hybridized carbons (Fsp3) is 0.769. The predicted octanol–water partition coefficient (Wildman–Crippen LogP) is 3.29. The van der Waals surface area contributed by atoms with E-state index in [0.717, 1.165) is 25.2 Å². The Morgan fingerprint density at radius 1 is 1.41 bits per heavy atom. The van der Waals surface area contributed by atoms with Crippen LogP contribution in [0.3, 0.4) is 0 Å². The van der Waals surface area contributed by atoms with Gasteiger partial charge in [0.25, 0.3) is 0 Å². The van der Waals surface area contributed by atoms with Crippen LogP contribution in [0.1, 0.15) is 45.0 Å². The van der Waals surface area contributed by atoms with Crippen LogP contribution >= 0.6 is 15.9 Å². The Morgan fingerprint density at radius 3 is 2.71 bits per heavy atom. The predicted molar refractivity (Wildman–Crippen MR) is 76.4 cm³/mol. The van der Waals surface area contributed by atoms with E-state index in [-0.39, 0.29) is 0 Å². The summed E-state index contributed by atoms with van der Waals surface area (Å²) in [5.74, 6) is 0. The summed E-state index contributed by atoms with van der Waals surface area (Å²) in [5.41, 5.74) is 2.44. The van der Waals surface area contributed by atoms with E-state index in [4.69, 9.17) is 0 Å². The summed E-state index contributed by atoms with van der Waals surface area (Å²) < 4.78 is 3.30. The van der Waals surface area contributed by atoms with Gasteiger partial charge in [-0.1, -0.05) is 6.92 Å². The number of hydrogen-bond acceptors (Lipinski definition) is 2. The molecule has 0 aromatic carbocycles. The Balaban J connectivity index is 2.51. The normalized spacial score (nSPS) is 13.0. The van der Waals surface area contributed by atoms with E-state index in [1.807, 2.05) is 0 Å². The molecule has 1 atom stereocenters. The third kappa shape index (κ3) is 4.11. The molecule has 1 unspecified atom stereocenters. The molecule has 0 saturated heterocycles. The van der Waals surface area contributed by atoms with Crippen LogP contribution in [0, 0.1) is 6.92 Å². The summed E-state index contributed by atoms with van der Waals surface area (Å²) in [6.07, 6.45) is 3.52. The lowest BCUT2D eigenvalue weighted by Crippen LogP contribution is -2.25. The number of halogens is 1. The molecule has 0 radical (unpaired) electrons. The van der Waals surface area contributed by atoms with Crippen molar-refractivity contribution in [3.8, 4) is 0 Å². The number of hydrogen-bond donors (Lipinski definition) is 1. The number of rotatable bonds is 7. The maximum atomic E-state index is 4.52. The van der Waals surface area contributed by atoms with Crippen LogP contribution in [0.5, 0.6) is 0 Å². The fourth-order valence-corrected chi connectivity index (χ4v) is 2.62. The zero-order chi connectivity index (χ0) is 12.8. The second-order valence-electron chi connectivity index (χ2n) is 4.51. The van der Waals surface area contributed by atoms with Crippen LogP contribution in [-0.4, -0.2) is 22.4 Å². The Labute approximate surface area is 113 Å². The van der Waals surface area contributed by atoms with Gasteiger partial charge in [-0.15, -0.1) is 0 Å². The van der Waals surface area contributed by atoms with E-state index in [9.17, 15) is 0 Å². The smallest absolute Gasteiger partial charge is 0.0738 e. The van der Waals surface area contributed by atoms with Gasteiger partial charge in [-0.2, -0.15) is 5.10 Å². The summed E-state index contributed by atoms with van der Waals surface area (Å²) in [6.45, 7) is 10.6. The van der Waals surface area contributed by atoms with Gasteiger partial charge in [0.1, 0.15) is 0 Å². The molecular weight excluding hydrogens is 278 g/mol. The first-order chi connectivity index (χ1) is 8.10. The van der Waals surface area contributed by atoms with Crippen LogP contribution in [0.4, 0.5) is 0 Å². The van der Waals surface area contributed by atoms with Crippen molar-refractivity contribution >= 4 is 15.9 Å². The molecule has 0 fully saturated rings. The monoisotopic (exact) mass is 301 g/mol. The average molecular weight is 302 g/mol. The molecule has 1 N–H and O–H groups in total. The Hall–Kier alpha value is -0.350. The molecule has 1 aromatic heterocycles. The molecule has 98 valence electrons. The van der Waals surface area contributed by atoms with Gasteiger partial charge in [-0.3, -0.25) is 4.68 Å². The number of nitrogens with zero attached hydrogens (tertiary/aromatic N) is 2. The molecule has 0 aliphatic rings. The molecule has 1 aromatic rings. The first kappa shape index (κ1) is 14.7. The lowest BCUT2D eigenvalue weighted by atomic mass is 10.1. The van der Waals surface area contributed by atoms with E-state index < -0.39 is 0 Å². The second-order valence-corrected chi connectivity index (χ2v) is 5.31. The lowest BCUT2D eigenvalue weighted by molar-refractivity contribution is 0.503.